The Balaban J connectivity index is 2.77. The molecule has 0 bridgehead atoms. The highest BCUT2D eigenvalue weighted by Gasteiger charge is 2.17. The average Bonchev–Trinajstić information content (AvgIpc) is 2.26. The second-order valence-corrected chi connectivity index (χ2v) is 2.86. The van der Waals surface area contributed by atoms with Crippen molar-refractivity contribution in [3.05, 3.63) is 53.6 Å². The van der Waals surface area contributed by atoms with Crippen molar-refractivity contribution in [2.45, 2.75) is 0 Å². The smallest absolute Gasteiger partial charge is 0.362 e. The molecule has 0 saturated heterocycles. The van der Waals surface area contributed by atoms with Crippen LogP contribution >= 0.6 is 0 Å². The predicted molar refractivity (Wildman–Crippen MR) is 54.1 cm³/mol. The summed E-state index contributed by atoms with van der Waals surface area (Å²) in [5, 5.41) is 10.0. The number of nitrogens with zero attached hydrogens (tertiary/aromatic N) is 2. The Morgan fingerprint density at radius 3 is 2.75 bits per heavy atom. The number of ketones is 1. The quantitative estimate of drug-likeness (QED) is 0.210. The Kier molecular flexibility index (Phi) is 3.89. The second kappa shape index (κ2) is 5.38. The molecule has 1 rings (SSSR count). The number of allylic oxidation sites excluding steroid dienone is 7. The van der Waals surface area contributed by atoms with E-state index in [1.807, 2.05) is 0 Å². The Labute approximate surface area is 91.3 Å². The van der Waals surface area contributed by atoms with E-state index < -0.39 is 5.97 Å². The van der Waals surface area contributed by atoms with Crippen LogP contribution in [0.1, 0.15) is 0 Å². The minimum absolute atomic E-state index is 0.0639. The highest BCUT2D eigenvalue weighted by molar-refractivity contribution is 6.46. The van der Waals surface area contributed by atoms with Crippen LogP contribution < -0.4 is 5.11 Å². The molecule has 0 aromatic carbocycles. The van der Waals surface area contributed by atoms with E-state index in [0.29, 0.717) is 5.57 Å². The molecule has 16 heavy (non-hydrogen) atoms. The summed E-state index contributed by atoms with van der Waals surface area (Å²) in [6.45, 7) is 0. The zero-order chi connectivity index (χ0) is 12.0. The van der Waals surface area contributed by atoms with Crippen LogP contribution in [0.5, 0.6) is 0 Å². The van der Waals surface area contributed by atoms with Crippen molar-refractivity contribution < 1.29 is 19.5 Å². The Hall–Kier alpha value is -2.52. The van der Waals surface area contributed by atoms with Gasteiger partial charge in [0, 0.05) is 6.08 Å². The molecule has 0 amide bonds. The van der Waals surface area contributed by atoms with Crippen molar-refractivity contribution in [3.63, 3.8) is 0 Å². The van der Waals surface area contributed by atoms with Gasteiger partial charge in [0.1, 0.15) is 0 Å². The van der Waals surface area contributed by atoms with Crippen LogP contribution in [-0.2, 0) is 9.59 Å². The zero-order valence-corrected chi connectivity index (χ0v) is 8.16. The van der Waals surface area contributed by atoms with Gasteiger partial charge in [0.25, 0.3) is 5.78 Å². The third kappa shape index (κ3) is 3.32. The van der Waals surface area contributed by atoms with Gasteiger partial charge in [-0.25, -0.2) is 0 Å². The molecule has 1 aliphatic carbocycles. The fourth-order valence-electron chi connectivity index (χ4n) is 1.02. The number of rotatable bonds is 3. The van der Waals surface area contributed by atoms with Gasteiger partial charge in [-0.1, -0.05) is 24.3 Å². The highest BCUT2D eigenvalue weighted by Crippen LogP contribution is 2.06. The van der Waals surface area contributed by atoms with Gasteiger partial charge in [-0.3, -0.25) is 4.79 Å². The monoisotopic (exact) mass is 215 g/mol. The largest absolute Gasteiger partial charge is 0.545 e. The highest BCUT2D eigenvalue weighted by atomic mass is 16.4. The maximum atomic E-state index is 11.0. The fraction of sp³-hybridized carbons (Fsp3) is 0. The van der Waals surface area contributed by atoms with Crippen LogP contribution in [0.2, 0.25) is 0 Å². The Bertz CT molecular complexity index is 489. The maximum absolute atomic E-state index is 11.0. The summed E-state index contributed by atoms with van der Waals surface area (Å²) in [6.07, 6.45) is 9.36. The zero-order valence-electron chi connectivity index (χ0n) is 8.16. The molecule has 0 atom stereocenters. The summed E-state index contributed by atoms with van der Waals surface area (Å²) in [5.74, 6) is -1.67. The first-order valence-corrected chi connectivity index (χ1v) is 4.35. The number of carbonyl (C=O) groups excluding carboxylic acids is 2. The standard InChI is InChI=1S/C11H8N2O3/c12-13-9-7-8(5-6-10(9)14)3-1-2-4-11(15)16/h1-7H,(H,15,16)/p-1/b3-1+,4-2+. The van der Waals surface area contributed by atoms with Gasteiger partial charge in [0.05, 0.1) is 5.97 Å². The van der Waals surface area contributed by atoms with Crippen LogP contribution in [0.3, 0.4) is 0 Å². The first kappa shape index (κ1) is 11.6. The van der Waals surface area contributed by atoms with Crippen LogP contribution in [0, 0.1) is 0 Å². The normalized spacial score (nSPS) is 15.6. The summed E-state index contributed by atoms with van der Waals surface area (Å²) < 4.78 is 0. The molecule has 0 unspecified atom stereocenters. The van der Waals surface area contributed by atoms with Crippen LogP contribution in [-0.4, -0.2) is 22.3 Å². The molecule has 80 valence electrons. The van der Waals surface area contributed by atoms with Crippen molar-refractivity contribution >= 4 is 17.5 Å². The lowest BCUT2D eigenvalue weighted by Crippen LogP contribution is -2.18. The van der Waals surface area contributed by atoms with Gasteiger partial charge >= 0.3 is 5.71 Å². The molecule has 0 N–H and O–H groups in total. The lowest BCUT2D eigenvalue weighted by Gasteiger charge is -1.96. The Morgan fingerprint density at radius 2 is 2.12 bits per heavy atom. The van der Waals surface area contributed by atoms with Crippen molar-refractivity contribution in [1.29, 1.82) is 0 Å². The van der Waals surface area contributed by atoms with Gasteiger partial charge in [0.15, 0.2) is 0 Å². The molecule has 0 saturated carbocycles. The van der Waals surface area contributed by atoms with Gasteiger partial charge in [0.2, 0.25) is 0 Å². The Morgan fingerprint density at radius 1 is 1.38 bits per heavy atom. The number of hydrogen-bond acceptors (Lipinski definition) is 3. The number of hydrogen-bond donors (Lipinski definition) is 0. The molecule has 5 nitrogen and oxygen atoms in total. The molecule has 5 heteroatoms. The molecule has 0 radical (unpaired) electrons. The van der Waals surface area contributed by atoms with E-state index in [1.165, 1.54) is 30.4 Å². The van der Waals surface area contributed by atoms with E-state index in [9.17, 15) is 14.7 Å². The topological polar surface area (TPSA) is 93.6 Å². The van der Waals surface area contributed by atoms with Crippen LogP contribution in [0.4, 0.5) is 0 Å². The summed E-state index contributed by atoms with van der Waals surface area (Å²) in [5.41, 5.74) is 9.05. The lowest BCUT2D eigenvalue weighted by atomic mass is 10.0. The second-order valence-electron chi connectivity index (χ2n) is 2.86. The molecule has 0 aromatic rings. The molecule has 0 spiro atoms. The SMILES string of the molecule is [N-]=[N+]=C1C=C(/C=C/C=C/C(=O)[O-])C=CC1=O. The van der Waals surface area contributed by atoms with E-state index >= 15 is 0 Å². The minimum atomic E-state index is -1.29. The van der Waals surface area contributed by atoms with Gasteiger partial charge in [-0.05, 0) is 17.7 Å². The van der Waals surface area contributed by atoms with E-state index in [1.54, 1.807) is 6.08 Å². The number of aliphatic carboxylic acids is 1. The van der Waals surface area contributed by atoms with Crippen molar-refractivity contribution in [2.75, 3.05) is 0 Å². The lowest BCUT2D eigenvalue weighted by molar-refractivity contribution is -0.297. The van der Waals surface area contributed by atoms with Gasteiger partial charge < -0.3 is 15.4 Å². The third-order valence-electron chi connectivity index (χ3n) is 1.72. The van der Waals surface area contributed by atoms with Crippen LogP contribution in [0.15, 0.2) is 48.1 Å². The molecular weight excluding hydrogens is 208 g/mol. The summed E-state index contributed by atoms with van der Waals surface area (Å²) in [7, 11) is 0. The van der Waals surface area contributed by atoms with E-state index in [0.717, 1.165) is 6.08 Å². The van der Waals surface area contributed by atoms with Gasteiger partial charge in [-0.15, -0.1) is 0 Å². The third-order valence-corrected chi connectivity index (χ3v) is 1.72. The molecule has 1 aliphatic rings. The number of carboxylic acids is 1. The van der Waals surface area contributed by atoms with Crippen LogP contribution in [0.25, 0.3) is 5.53 Å². The molecular formula is C11H7N2O3-. The van der Waals surface area contributed by atoms with Crippen molar-refractivity contribution in [1.82, 2.24) is 0 Å². The molecule has 0 heterocycles. The fourth-order valence-corrected chi connectivity index (χ4v) is 1.02. The van der Waals surface area contributed by atoms with E-state index in [4.69, 9.17) is 5.53 Å². The summed E-state index contributed by atoms with van der Waals surface area (Å²) in [6, 6.07) is 0. The predicted octanol–water partition coefficient (Wildman–Crippen LogP) is -0.415. The first-order chi connectivity index (χ1) is 7.63. The minimum Gasteiger partial charge on any atom is -0.545 e. The average molecular weight is 215 g/mol. The van der Waals surface area contributed by atoms with Gasteiger partial charge in [-0.2, -0.15) is 4.79 Å². The molecule has 0 fully saturated rings. The molecule has 0 aliphatic heterocycles. The maximum Gasteiger partial charge on any atom is 0.362 e. The van der Waals surface area contributed by atoms with Crippen molar-refractivity contribution in [3.8, 4) is 0 Å². The van der Waals surface area contributed by atoms with Crippen molar-refractivity contribution in [2.24, 2.45) is 0 Å². The summed E-state index contributed by atoms with van der Waals surface area (Å²) >= 11 is 0. The van der Waals surface area contributed by atoms with E-state index in [2.05, 4.69) is 4.79 Å². The first-order valence-electron chi connectivity index (χ1n) is 4.35. The van der Waals surface area contributed by atoms with E-state index in [-0.39, 0.29) is 11.5 Å². The summed E-state index contributed by atoms with van der Waals surface area (Å²) in [4.78, 5) is 23.9. The number of carbonyl (C=O) groups is 2. The number of carboxylic acid groups (broad SMARTS) is 1. The molecule has 0 aromatic heterocycles.